The summed E-state index contributed by atoms with van der Waals surface area (Å²) in [4.78, 5) is 0.278. The molecule has 0 radical (unpaired) electrons. The molecule has 8 heteroatoms. The topological polar surface area (TPSA) is 81.0 Å². The Hall–Kier alpha value is -1.64. The number of rotatable bonds is 7. The smallest absolute Gasteiger partial charge is 0.242 e. The van der Waals surface area contributed by atoms with E-state index in [2.05, 4.69) is 15.1 Å². The zero-order valence-corrected chi connectivity index (χ0v) is 13.3. The molecule has 2 N–H and O–H groups in total. The van der Waals surface area contributed by atoms with Gasteiger partial charge in [-0.2, -0.15) is 5.10 Å². The molecule has 0 aromatic carbocycles. The lowest BCUT2D eigenvalue weighted by Crippen LogP contribution is -2.24. The Labute approximate surface area is 125 Å². The maximum absolute atomic E-state index is 12.3. The Kier molecular flexibility index (Phi) is 4.81. The summed E-state index contributed by atoms with van der Waals surface area (Å²) in [6.07, 6.45) is 3.26. The summed E-state index contributed by atoms with van der Waals surface area (Å²) < 4.78 is 30.7. The maximum Gasteiger partial charge on any atom is 0.242 e. The third kappa shape index (κ3) is 3.72. The monoisotopic (exact) mass is 311 g/mol. The zero-order valence-electron chi connectivity index (χ0n) is 12.5. The van der Waals surface area contributed by atoms with Crippen LogP contribution in [0.2, 0.25) is 0 Å². The SMILES string of the molecule is CCNCc1cc(S(=O)(=O)NCc2ccnn2C)cn1C. The van der Waals surface area contributed by atoms with Gasteiger partial charge in [0, 0.05) is 38.7 Å². The first kappa shape index (κ1) is 15.7. The zero-order chi connectivity index (χ0) is 15.5. The first-order chi connectivity index (χ1) is 9.94. The molecule has 0 saturated carbocycles. The van der Waals surface area contributed by atoms with Crippen molar-refractivity contribution in [1.29, 1.82) is 0 Å². The van der Waals surface area contributed by atoms with Crippen molar-refractivity contribution in [2.24, 2.45) is 14.1 Å². The summed E-state index contributed by atoms with van der Waals surface area (Å²) in [5.74, 6) is 0. The van der Waals surface area contributed by atoms with Gasteiger partial charge in [0.2, 0.25) is 10.0 Å². The molecule has 0 atom stereocenters. The van der Waals surface area contributed by atoms with Gasteiger partial charge >= 0.3 is 0 Å². The van der Waals surface area contributed by atoms with Crippen LogP contribution in [0.25, 0.3) is 0 Å². The number of hydrogen-bond donors (Lipinski definition) is 2. The van der Waals surface area contributed by atoms with Crippen LogP contribution in [0.5, 0.6) is 0 Å². The van der Waals surface area contributed by atoms with Gasteiger partial charge in [-0.3, -0.25) is 4.68 Å². The molecular formula is C13H21N5O2S. The van der Waals surface area contributed by atoms with E-state index in [-0.39, 0.29) is 11.4 Å². The van der Waals surface area contributed by atoms with Gasteiger partial charge in [0.05, 0.1) is 17.1 Å². The van der Waals surface area contributed by atoms with Crippen molar-refractivity contribution >= 4 is 10.0 Å². The minimum atomic E-state index is -3.52. The number of aromatic nitrogens is 3. The number of sulfonamides is 1. The van der Waals surface area contributed by atoms with Gasteiger partial charge in [-0.1, -0.05) is 6.92 Å². The second-order valence-electron chi connectivity index (χ2n) is 4.83. The van der Waals surface area contributed by atoms with E-state index in [9.17, 15) is 8.42 Å². The van der Waals surface area contributed by atoms with Crippen LogP contribution in [-0.4, -0.2) is 29.3 Å². The van der Waals surface area contributed by atoms with Crippen LogP contribution >= 0.6 is 0 Å². The molecule has 21 heavy (non-hydrogen) atoms. The fraction of sp³-hybridized carbons (Fsp3) is 0.462. The van der Waals surface area contributed by atoms with Crippen LogP contribution < -0.4 is 10.0 Å². The molecule has 0 unspecified atom stereocenters. The molecule has 7 nitrogen and oxygen atoms in total. The van der Waals surface area contributed by atoms with E-state index in [0.717, 1.165) is 17.9 Å². The Morgan fingerprint density at radius 3 is 2.62 bits per heavy atom. The largest absolute Gasteiger partial charge is 0.352 e. The molecule has 0 spiro atoms. The van der Waals surface area contributed by atoms with Crippen molar-refractivity contribution in [3.8, 4) is 0 Å². The van der Waals surface area contributed by atoms with Crippen molar-refractivity contribution in [2.45, 2.75) is 24.9 Å². The number of nitrogens with one attached hydrogen (secondary N) is 2. The molecule has 2 rings (SSSR count). The predicted molar refractivity (Wildman–Crippen MR) is 80.0 cm³/mol. The fourth-order valence-corrected chi connectivity index (χ4v) is 3.07. The highest BCUT2D eigenvalue weighted by molar-refractivity contribution is 7.89. The van der Waals surface area contributed by atoms with Gasteiger partial charge in [0.1, 0.15) is 0 Å². The van der Waals surface area contributed by atoms with E-state index in [1.54, 1.807) is 36.3 Å². The van der Waals surface area contributed by atoms with Crippen LogP contribution in [0.1, 0.15) is 18.3 Å². The van der Waals surface area contributed by atoms with E-state index in [1.807, 2.05) is 18.5 Å². The fourth-order valence-electron chi connectivity index (χ4n) is 1.98. The van der Waals surface area contributed by atoms with E-state index in [0.29, 0.717) is 6.54 Å². The summed E-state index contributed by atoms with van der Waals surface area (Å²) >= 11 is 0. The van der Waals surface area contributed by atoms with Gasteiger partial charge in [-0.25, -0.2) is 13.1 Å². The molecule has 0 saturated heterocycles. The van der Waals surface area contributed by atoms with Crippen molar-refractivity contribution in [3.63, 3.8) is 0 Å². The lowest BCUT2D eigenvalue weighted by atomic mass is 10.4. The molecule has 2 heterocycles. The second-order valence-corrected chi connectivity index (χ2v) is 6.60. The van der Waals surface area contributed by atoms with Crippen LogP contribution in [0, 0.1) is 0 Å². The molecule has 0 aliphatic carbocycles. The Bertz CT molecular complexity index is 702. The van der Waals surface area contributed by atoms with Gasteiger partial charge in [-0.15, -0.1) is 0 Å². The second kappa shape index (κ2) is 6.42. The Morgan fingerprint density at radius 2 is 2.00 bits per heavy atom. The summed E-state index contributed by atoms with van der Waals surface area (Å²) in [5.41, 5.74) is 1.74. The van der Waals surface area contributed by atoms with Crippen molar-refractivity contribution in [1.82, 2.24) is 24.4 Å². The maximum atomic E-state index is 12.3. The summed E-state index contributed by atoms with van der Waals surface area (Å²) in [6, 6.07) is 3.47. The standard InChI is InChI=1S/C13H21N5O2S/c1-4-14-8-12-7-13(10-17(12)2)21(19,20)16-9-11-5-6-15-18(11)3/h5-7,10,14,16H,4,8-9H2,1-3H3. The normalized spacial score (nSPS) is 12.0. The van der Waals surface area contributed by atoms with Crippen LogP contribution in [0.3, 0.4) is 0 Å². The average molecular weight is 311 g/mol. The van der Waals surface area contributed by atoms with Gasteiger partial charge in [0.25, 0.3) is 0 Å². The number of hydrogen-bond acceptors (Lipinski definition) is 4. The molecular weight excluding hydrogens is 290 g/mol. The lowest BCUT2D eigenvalue weighted by Gasteiger charge is -2.05. The van der Waals surface area contributed by atoms with Crippen molar-refractivity contribution < 1.29 is 8.42 Å². The first-order valence-corrected chi connectivity index (χ1v) is 8.25. The molecule has 0 aliphatic rings. The van der Waals surface area contributed by atoms with Crippen LogP contribution in [0.4, 0.5) is 0 Å². The van der Waals surface area contributed by atoms with Gasteiger partial charge in [-0.05, 0) is 18.7 Å². The molecule has 2 aromatic rings. The third-order valence-electron chi connectivity index (χ3n) is 3.31. The molecule has 0 aliphatic heterocycles. The van der Waals surface area contributed by atoms with E-state index in [4.69, 9.17) is 0 Å². The van der Waals surface area contributed by atoms with Crippen molar-refractivity contribution in [2.75, 3.05) is 6.54 Å². The van der Waals surface area contributed by atoms with Gasteiger partial charge < -0.3 is 9.88 Å². The summed E-state index contributed by atoms with van der Waals surface area (Å²) in [6.45, 7) is 3.71. The van der Waals surface area contributed by atoms with E-state index >= 15 is 0 Å². The highest BCUT2D eigenvalue weighted by Crippen LogP contribution is 2.14. The third-order valence-corrected chi connectivity index (χ3v) is 4.68. The summed E-state index contributed by atoms with van der Waals surface area (Å²) in [7, 11) is 0.0990. The average Bonchev–Trinajstić information content (AvgIpc) is 3.01. The number of aryl methyl sites for hydroxylation is 2. The van der Waals surface area contributed by atoms with Crippen LogP contribution in [0.15, 0.2) is 29.4 Å². The first-order valence-electron chi connectivity index (χ1n) is 6.76. The van der Waals surface area contributed by atoms with E-state index < -0.39 is 10.0 Å². The molecule has 2 aromatic heterocycles. The van der Waals surface area contributed by atoms with E-state index in [1.165, 1.54) is 0 Å². The minimum Gasteiger partial charge on any atom is -0.352 e. The Morgan fingerprint density at radius 1 is 1.24 bits per heavy atom. The highest BCUT2D eigenvalue weighted by Gasteiger charge is 2.17. The molecule has 0 bridgehead atoms. The highest BCUT2D eigenvalue weighted by atomic mass is 32.2. The predicted octanol–water partition coefficient (Wildman–Crippen LogP) is 0.347. The Balaban J connectivity index is 2.10. The summed E-state index contributed by atoms with van der Waals surface area (Å²) in [5, 5.41) is 7.20. The van der Waals surface area contributed by atoms with Gasteiger partial charge in [0.15, 0.2) is 0 Å². The molecule has 116 valence electrons. The molecule has 0 fully saturated rings. The lowest BCUT2D eigenvalue weighted by molar-refractivity contribution is 0.577. The van der Waals surface area contributed by atoms with Crippen LogP contribution in [-0.2, 0) is 37.2 Å². The number of nitrogens with zero attached hydrogens (tertiary/aromatic N) is 3. The van der Waals surface area contributed by atoms with Crippen molar-refractivity contribution in [3.05, 3.63) is 35.9 Å². The minimum absolute atomic E-state index is 0.219. The quantitative estimate of drug-likeness (QED) is 0.773. The molecule has 0 amide bonds.